The lowest BCUT2D eigenvalue weighted by atomic mass is 9.96. The summed E-state index contributed by atoms with van der Waals surface area (Å²) in [7, 11) is 0. The molecule has 1 aromatic carbocycles. The number of nitrogens with zero attached hydrogens (tertiary/aromatic N) is 1. The highest BCUT2D eigenvalue weighted by Crippen LogP contribution is 2.25. The first kappa shape index (κ1) is 15.0. The highest BCUT2D eigenvalue weighted by Gasteiger charge is 2.37. The fourth-order valence-electron chi connectivity index (χ4n) is 2.80. The largest absolute Gasteiger partial charge is 0.396 e. The van der Waals surface area contributed by atoms with Gasteiger partial charge in [0.1, 0.15) is 0 Å². The summed E-state index contributed by atoms with van der Waals surface area (Å²) in [5.41, 5.74) is 1.24. The number of carbonyl (C=O) groups is 1. The quantitative estimate of drug-likeness (QED) is 0.851. The smallest absolute Gasteiger partial charge is 0.225 e. The second kappa shape index (κ2) is 6.86. The summed E-state index contributed by atoms with van der Waals surface area (Å²) < 4.78 is 0. The van der Waals surface area contributed by atoms with Crippen molar-refractivity contribution in [2.45, 2.75) is 26.4 Å². The van der Waals surface area contributed by atoms with Gasteiger partial charge in [0.05, 0.1) is 5.92 Å². The number of benzene rings is 1. The van der Waals surface area contributed by atoms with Gasteiger partial charge in [0.2, 0.25) is 5.91 Å². The molecule has 0 spiro atoms. The van der Waals surface area contributed by atoms with E-state index < -0.39 is 0 Å². The number of aliphatic hydroxyl groups is 1. The van der Waals surface area contributed by atoms with Gasteiger partial charge in [-0.1, -0.05) is 30.3 Å². The second-order valence-electron chi connectivity index (χ2n) is 5.89. The fraction of sp³-hybridized carbons (Fsp3) is 0.562. The van der Waals surface area contributed by atoms with Crippen molar-refractivity contribution >= 4 is 5.91 Å². The third-order valence-electron chi connectivity index (χ3n) is 3.77. The summed E-state index contributed by atoms with van der Waals surface area (Å²) in [4.78, 5) is 14.4. The molecule has 1 aromatic rings. The van der Waals surface area contributed by atoms with E-state index in [1.165, 1.54) is 5.56 Å². The summed E-state index contributed by atoms with van der Waals surface area (Å²) in [5, 5.41) is 12.5. The topological polar surface area (TPSA) is 52.6 Å². The Morgan fingerprint density at radius 3 is 2.65 bits per heavy atom. The fourth-order valence-corrected chi connectivity index (χ4v) is 2.80. The van der Waals surface area contributed by atoms with Crippen molar-refractivity contribution in [1.82, 2.24) is 10.2 Å². The van der Waals surface area contributed by atoms with E-state index in [0.29, 0.717) is 0 Å². The highest BCUT2D eigenvalue weighted by atomic mass is 16.3. The first-order valence-electron chi connectivity index (χ1n) is 7.27. The molecule has 2 rings (SSSR count). The molecular weight excluding hydrogens is 252 g/mol. The van der Waals surface area contributed by atoms with Crippen LogP contribution in [0.15, 0.2) is 30.3 Å². The average molecular weight is 276 g/mol. The maximum absolute atomic E-state index is 12.2. The molecule has 0 saturated carbocycles. The van der Waals surface area contributed by atoms with Crippen LogP contribution in [0, 0.1) is 11.8 Å². The third-order valence-corrected chi connectivity index (χ3v) is 3.77. The van der Waals surface area contributed by atoms with E-state index in [-0.39, 0.29) is 30.4 Å². The molecule has 2 N–H and O–H groups in total. The first-order chi connectivity index (χ1) is 9.60. The molecule has 20 heavy (non-hydrogen) atoms. The van der Waals surface area contributed by atoms with Crippen LogP contribution in [0.2, 0.25) is 0 Å². The van der Waals surface area contributed by atoms with E-state index in [9.17, 15) is 9.90 Å². The molecule has 0 aromatic heterocycles. The van der Waals surface area contributed by atoms with E-state index in [1.54, 1.807) is 0 Å². The number of rotatable bonds is 5. The maximum atomic E-state index is 12.2. The van der Waals surface area contributed by atoms with Gasteiger partial charge in [0, 0.05) is 38.2 Å². The van der Waals surface area contributed by atoms with Crippen LogP contribution in [-0.2, 0) is 11.3 Å². The molecule has 0 aliphatic carbocycles. The first-order valence-corrected chi connectivity index (χ1v) is 7.27. The van der Waals surface area contributed by atoms with Crippen LogP contribution in [0.5, 0.6) is 0 Å². The number of carbonyl (C=O) groups excluding carboxylic acids is 1. The maximum Gasteiger partial charge on any atom is 0.225 e. The van der Waals surface area contributed by atoms with Gasteiger partial charge in [-0.3, -0.25) is 9.69 Å². The molecule has 1 aliphatic rings. The van der Waals surface area contributed by atoms with Crippen LogP contribution in [0.3, 0.4) is 0 Å². The van der Waals surface area contributed by atoms with Crippen LogP contribution in [0.4, 0.5) is 0 Å². The summed E-state index contributed by atoms with van der Waals surface area (Å²) in [6.45, 7) is 6.33. The minimum Gasteiger partial charge on any atom is -0.396 e. The zero-order chi connectivity index (χ0) is 14.5. The van der Waals surface area contributed by atoms with E-state index in [1.807, 2.05) is 32.0 Å². The standard InChI is InChI=1S/C16H24N2O2/c1-12(2)17-16(20)15-10-18(9-14(15)11-19)8-13-6-4-3-5-7-13/h3-7,12,14-15,19H,8-11H2,1-2H3,(H,17,20)/t14?,15-/m1/s1. The normalized spacial score (nSPS) is 23.2. The van der Waals surface area contributed by atoms with E-state index in [2.05, 4.69) is 22.3 Å². The van der Waals surface area contributed by atoms with Gasteiger partial charge in [0.25, 0.3) is 0 Å². The molecule has 1 saturated heterocycles. The van der Waals surface area contributed by atoms with Gasteiger partial charge in [-0.05, 0) is 19.4 Å². The molecule has 2 atom stereocenters. The Hall–Kier alpha value is -1.39. The molecular formula is C16H24N2O2. The second-order valence-corrected chi connectivity index (χ2v) is 5.89. The Labute approximate surface area is 120 Å². The molecule has 1 aliphatic heterocycles. The Bertz CT molecular complexity index is 433. The number of likely N-dealkylation sites (tertiary alicyclic amines) is 1. The minimum atomic E-state index is -0.105. The van der Waals surface area contributed by atoms with Crippen molar-refractivity contribution in [3.05, 3.63) is 35.9 Å². The lowest BCUT2D eigenvalue weighted by Gasteiger charge is -2.17. The average Bonchev–Trinajstić information content (AvgIpc) is 2.82. The van der Waals surface area contributed by atoms with E-state index >= 15 is 0 Å². The lowest BCUT2D eigenvalue weighted by Crippen LogP contribution is -2.39. The molecule has 1 fully saturated rings. The summed E-state index contributed by atoms with van der Waals surface area (Å²) >= 11 is 0. The minimum absolute atomic E-state index is 0.0393. The molecule has 1 unspecified atom stereocenters. The lowest BCUT2D eigenvalue weighted by molar-refractivity contribution is -0.126. The highest BCUT2D eigenvalue weighted by molar-refractivity contribution is 5.79. The molecule has 0 bridgehead atoms. The monoisotopic (exact) mass is 276 g/mol. The van der Waals surface area contributed by atoms with Crippen LogP contribution in [-0.4, -0.2) is 41.7 Å². The number of amides is 1. The van der Waals surface area contributed by atoms with Gasteiger partial charge in [-0.15, -0.1) is 0 Å². The van der Waals surface area contributed by atoms with Gasteiger partial charge < -0.3 is 10.4 Å². The van der Waals surface area contributed by atoms with Gasteiger partial charge in [-0.25, -0.2) is 0 Å². The van der Waals surface area contributed by atoms with Crippen molar-refractivity contribution < 1.29 is 9.90 Å². The predicted octanol–water partition coefficient (Wildman–Crippen LogP) is 1.25. The van der Waals surface area contributed by atoms with Crippen molar-refractivity contribution in [3.8, 4) is 0 Å². The number of aliphatic hydroxyl groups excluding tert-OH is 1. The van der Waals surface area contributed by atoms with E-state index in [4.69, 9.17) is 0 Å². The number of hydrogen-bond acceptors (Lipinski definition) is 3. The van der Waals surface area contributed by atoms with Gasteiger partial charge in [0.15, 0.2) is 0 Å². The Morgan fingerprint density at radius 2 is 2.05 bits per heavy atom. The Balaban J connectivity index is 1.97. The SMILES string of the molecule is CC(C)NC(=O)[C@@H]1CN(Cc2ccccc2)CC1CO. The zero-order valence-corrected chi connectivity index (χ0v) is 12.2. The number of hydrogen-bond donors (Lipinski definition) is 2. The van der Waals surface area contributed by atoms with Crippen molar-refractivity contribution in [2.24, 2.45) is 11.8 Å². The summed E-state index contributed by atoms with van der Waals surface area (Å²) in [6.07, 6.45) is 0. The number of nitrogens with one attached hydrogen (secondary N) is 1. The zero-order valence-electron chi connectivity index (χ0n) is 12.2. The molecule has 1 heterocycles. The van der Waals surface area contributed by atoms with E-state index in [0.717, 1.165) is 19.6 Å². The molecule has 4 heteroatoms. The molecule has 0 radical (unpaired) electrons. The Kier molecular flexibility index (Phi) is 5.15. The molecule has 110 valence electrons. The molecule has 4 nitrogen and oxygen atoms in total. The van der Waals surface area contributed by atoms with Crippen molar-refractivity contribution in [3.63, 3.8) is 0 Å². The van der Waals surface area contributed by atoms with Crippen LogP contribution in [0.1, 0.15) is 19.4 Å². The van der Waals surface area contributed by atoms with Crippen LogP contribution >= 0.6 is 0 Å². The summed E-state index contributed by atoms with van der Waals surface area (Å²) in [6, 6.07) is 10.4. The predicted molar refractivity (Wildman–Crippen MR) is 79.1 cm³/mol. The van der Waals surface area contributed by atoms with Crippen LogP contribution < -0.4 is 5.32 Å². The van der Waals surface area contributed by atoms with Crippen molar-refractivity contribution in [2.75, 3.05) is 19.7 Å². The molecule has 1 amide bonds. The van der Waals surface area contributed by atoms with Gasteiger partial charge in [-0.2, -0.15) is 0 Å². The third kappa shape index (κ3) is 3.81. The van der Waals surface area contributed by atoms with Crippen molar-refractivity contribution in [1.29, 1.82) is 0 Å². The Morgan fingerprint density at radius 1 is 1.35 bits per heavy atom. The van der Waals surface area contributed by atoms with Crippen LogP contribution in [0.25, 0.3) is 0 Å². The van der Waals surface area contributed by atoms with Gasteiger partial charge >= 0.3 is 0 Å². The summed E-state index contributed by atoms with van der Waals surface area (Å²) in [5.74, 6) is -0.00168.